The molecule has 1 rings (SSSR count). The molecule has 0 fully saturated rings. The number of nitrogens with zero attached hydrogens (tertiary/aromatic N) is 2. The molecule has 0 aliphatic carbocycles. The maximum atomic E-state index is 11.8. The number of halogens is 1. The normalized spacial score (nSPS) is 12.4. The third-order valence-electron chi connectivity index (χ3n) is 2.70. The molecule has 0 saturated heterocycles. The molecule has 0 aromatic carbocycles. The van der Waals surface area contributed by atoms with Gasteiger partial charge in [-0.25, -0.2) is 14.8 Å². The lowest BCUT2D eigenvalue weighted by Crippen LogP contribution is -2.32. The molecule has 0 saturated carbocycles. The summed E-state index contributed by atoms with van der Waals surface area (Å²) in [5.74, 6) is 1.19. The van der Waals surface area contributed by atoms with Crippen molar-refractivity contribution in [1.82, 2.24) is 9.97 Å². The molecule has 1 N–H and O–H groups in total. The first-order valence-corrected chi connectivity index (χ1v) is 6.58. The largest absolute Gasteiger partial charge is 0.467 e. The van der Waals surface area contributed by atoms with Crippen LogP contribution in [0.4, 0.5) is 5.82 Å². The van der Waals surface area contributed by atoms with E-state index in [-0.39, 0.29) is 5.97 Å². The van der Waals surface area contributed by atoms with E-state index in [9.17, 15) is 4.79 Å². The van der Waals surface area contributed by atoms with E-state index < -0.39 is 6.04 Å². The number of carbonyl (C=O) groups excluding carboxylic acids is 1. The van der Waals surface area contributed by atoms with Crippen molar-refractivity contribution in [3.05, 3.63) is 16.5 Å². The molecule has 1 heterocycles. The second-order valence-electron chi connectivity index (χ2n) is 4.88. The van der Waals surface area contributed by atoms with E-state index in [1.165, 1.54) is 7.11 Å². The molecule has 0 radical (unpaired) electrons. The smallest absolute Gasteiger partial charge is 0.328 e. The van der Waals surface area contributed by atoms with Crippen LogP contribution in [0.25, 0.3) is 0 Å². The Kier molecular flexibility index (Phi) is 5.54. The number of nitrogens with one attached hydrogen (secondary N) is 1. The molecule has 1 aromatic heterocycles. The molecule has 0 bridgehead atoms. The maximum absolute atomic E-state index is 11.8. The van der Waals surface area contributed by atoms with Gasteiger partial charge in [0.1, 0.15) is 22.8 Å². The molecule has 0 aliphatic heterocycles. The van der Waals surface area contributed by atoms with Gasteiger partial charge in [0, 0.05) is 5.56 Å². The third kappa shape index (κ3) is 4.35. The van der Waals surface area contributed by atoms with Crippen LogP contribution >= 0.6 is 11.6 Å². The first-order valence-electron chi connectivity index (χ1n) is 6.20. The van der Waals surface area contributed by atoms with E-state index in [4.69, 9.17) is 16.3 Å². The second-order valence-corrected chi connectivity index (χ2v) is 5.24. The molecule has 106 valence electrons. The SMILES string of the molecule is COC(=O)C(CC(C)C)Nc1nc(C)nc(Cl)c1C. The predicted octanol–water partition coefficient (Wildman–Crippen LogP) is 2.75. The monoisotopic (exact) mass is 285 g/mol. The number of anilines is 1. The molecule has 0 amide bonds. The van der Waals surface area contributed by atoms with Crippen LogP contribution in [-0.2, 0) is 9.53 Å². The van der Waals surface area contributed by atoms with Crippen molar-refractivity contribution < 1.29 is 9.53 Å². The fourth-order valence-corrected chi connectivity index (χ4v) is 1.94. The summed E-state index contributed by atoms with van der Waals surface area (Å²) < 4.78 is 4.81. The summed E-state index contributed by atoms with van der Waals surface area (Å²) in [5.41, 5.74) is 0.727. The second kappa shape index (κ2) is 6.70. The van der Waals surface area contributed by atoms with Crippen LogP contribution in [0.1, 0.15) is 31.7 Å². The minimum Gasteiger partial charge on any atom is -0.467 e. The number of hydrogen-bond donors (Lipinski definition) is 1. The van der Waals surface area contributed by atoms with E-state index >= 15 is 0 Å². The Bertz CT molecular complexity index is 463. The minimum absolute atomic E-state index is 0.305. The fraction of sp³-hybridized carbons (Fsp3) is 0.615. The molecule has 0 spiro atoms. The van der Waals surface area contributed by atoms with Gasteiger partial charge in [0.25, 0.3) is 0 Å². The predicted molar refractivity (Wildman–Crippen MR) is 75.4 cm³/mol. The average Bonchev–Trinajstić information content (AvgIpc) is 2.32. The molecular weight excluding hydrogens is 266 g/mol. The van der Waals surface area contributed by atoms with E-state index in [1.54, 1.807) is 6.92 Å². The Morgan fingerprint density at radius 3 is 2.53 bits per heavy atom. The molecule has 5 nitrogen and oxygen atoms in total. The summed E-state index contributed by atoms with van der Waals surface area (Å²) in [4.78, 5) is 20.1. The number of ether oxygens (including phenoxy) is 1. The van der Waals surface area contributed by atoms with Gasteiger partial charge >= 0.3 is 5.97 Å². The molecule has 1 unspecified atom stereocenters. The lowest BCUT2D eigenvalue weighted by Gasteiger charge is -2.20. The molecule has 0 aliphatic rings. The number of carbonyl (C=O) groups is 1. The molecule has 1 aromatic rings. The van der Waals surface area contributed by atoms with Crippen LogP contribution in [0.15, 0.2) is 0 Å². The van der Waals surface area contributed by atoms with Gasteiger partial charge in [0.2, 0.25) is 0 Å². The van der Waals surface area contributed by atoms with Crippen LogP contribution in [0.2, 0.25) is 5.15 Å². The summed E-state index contributed by atoms with van der Waals surface area (Å²) in [5, 5.41) is 3.49. The summed E-state index contributed by atoms with van der Waals surface area (Å²) in [6.45, 7) is 7.66. The van der Waals surface area contributed by atoms with Gasteiger partial charge in [0.05, 0.1) is 7.11 Å². The summed E-state index contributed by atoms with van der Waals surface area (Å²) in [7, 11) is 1.38. The Morgan fingerprint density at radius 1 is 1.37 bits per heavy atom. The van der Waals surface area contributed by atoms with Gasteiger partial charge in [-0.2, -0.15) is 0 Å². The Hall–Kier alpha value is -1.36. The van der Waals surface area contributed by atoms with E-state index in [2.05, 4.69) is 15.3 Å². The van der Waals surface area contributed by atoms with Crippen LogP contribution in [0.3, 0.4) is 0 Å². The van der Waals surface area contributed by atoms with Crippen LogP contribution < -0.4 is 5.32 Å². The van der Waals surface area contributed by atoms with E-state index in [0.29, 0.717) is 29.1 Å². The van der Waals surface area contributed by atoms with Crippen LogP contribution in [0.5, 0.6) is 0 Å². The highest BCUT2D eigenvalue weighted by Crippen LogP contribution is 2.21. The fourth-order valence-electron chi connectivity index (χ4n) is 1.73. The quantitative estimate of drug-likeness (QED) is 0.666. The Balaban J connectivity index is 2.99. The van der Waals surface area contributed by atoms with Crippen molar-refractivity contribution in [1.29, 1.82) is 0 Å². The molecule has 6 heteroatoms. The summed E-state index contributed by atoms with van der Waals surface area (Å²) >= 11 is 6.01. The zero-order chi connectivity index (χ0) is 14.6. The lowest BCUT2D eigenvalue weighted by atomic mass is 10.0. The average molecular weight is 286 g/mol. The maximum Gasteiger partial charge on any atom is 0.328 e. The molecule has 19 heavy (non-hydrogen) atoms. The topological polar surface area (TPSA) is 64.1 Å². The standard InChI is InChI=1S/C13H20ClN3O2/c1-7(2)6-10(13(18)19-5)17-12-8(3)11(14)15-9(4)16-12/h7,10H,6H2,1-5H3,(H,15,16,17). The van der Waals surface area contributed by atoms with Crippen molar-refractivity contribution in [3.8, 4) is 0 Å². The van der Waals surface area contributed by atoms with E-state index in [1.807, 2.05) is 20.8 Å². The zero-order valence-corrected chi connectivity index (χ0v) is 12.7. The first kappa shape index (κ1) is 15.7. The van der Waals surface area contributed by atoms with Gasteiger partial charge in [-0.3, -0.25) is 0 Å². The number of esters is 1. The summed E-state index contributed by atoms with van der Waals surface area (Å²) in [6, 6.07) is -0.436. The van der Waals surface area contributed by atoms with Gasteiger partial charge in [-0.1, -0.05) is 25.4 Å². The summed E-state index contributed by atoms with van der Waals surface area (Å²) in [6.07, 6.45) is 0.660. The number of hydrogen-bond acceptors (Lipinski definition) is 5. The highest BCUT2D eigenvalue weighted by atomic mass is 35.5. The molecule has 1 atom stereocenters. The van der Waals surface area contributed by atoms with Gasteiger partial charge in [-0.15, -0.1) is 0 Å². The highest BCUT2D eigenvalue weighted by molar-refractivity contribution is 6.30. The lowest BCUT2D eigenvalue weighted by molar-refractivity contribution is -0.141. The number of aryl methyl sites for hydroxylation is 1. The minimum atomic E-state index is -0.436. The Morgan fingerprint density at radius 2 is 2.00 bits per heavy atom. The van der Waals surface area contributed by atoms with Crippen molar-refractivity contribution >= 4 is 23.4 Å². The van der Waals surface area contributed by atoms with Gasteiger partial charge in [-0.05, 0) is 26.2 Å². The van der Waals surface area contributed by atoms with Crippen molar-refractivity contribution in [2.45, 2.75) is 40.2 Å². The van der Waals surface area contributed by atoms with Crippen molar-refractivity contribution in [2.75, 3.05) is 12.4 Å². The number of methoxy groups -OCH3 is 1. The van der Waals surface area contributed by atoms with Crippen LogP contribution in [0, 0.1) is 19.8 Å². The molecular formula is C13H20ClN3O2. The zero-order valence-electron chi connectivity index (χ0n) is 12.0. The Labute approximate surface area is 118 Å². The third-order valence-corrected chi connectivity index (χ3v) is 3.07. The van der Waals surface area contributed by atoms with Gasteiger partial charge < -0.3 is 10.1 Å². The van der Waals surface area contributed by atoms with E-state index in [0.717, 1.165) is 5.56 Å². The number of rotatable bonds is 5. The van der Waals surface area contributed by atoms with Gasteiger partial charge in [0.15, 0.2) is 0 Å². The van der Waals surface area contributed by atoms with Crippen molar-refractivity contribution in [3.63, 3.8) is 0 Å². The van der Waals surface area contributed by atoms with Crippen LogP contribution in [-0.4, -0.2) is 29.1 Å². The number of aromatic nitrogens is 2. The highest BCUT2D eigenvalue weighted by Gasteiger charge is 2.22. The van der Waals surface area contributed by atoms with Crippen molar-refractivity contribution in [2.24, 2.45) is 5.92 Å². The first-order chi connectivity index (χ1) is 8.85.